The van der Waals surface area contributed by atoms with Crippen molar-refractivity contribution in [2.75, 3.05) is 20.3 Å². The number of esters is 1. The van der Waals surface area contributed by atoms with Crippen molar-refractivity contribution in [2.45, 2.75) is 91.8 Å². The largest absolute Gasteiger partial charge is 0.497 e. The Morgan fingerprint density at radius 1 is 0.704 bits per heavy atom. The van der Waals surface area contributed by atoms with Crippen LogP contribution in [0, 0.1) is 6.92 Å². The first-order valence-corrected chi connectivity index (χ1v) is 24.4. The maximum Gasteiger partial charge on any atom is 0.338 e. The van der Waals surface area contributed by atoms with Crippen LogP contribution in [0.2, 0.25) is 0 Å². The Labute approximate surface area is 415 Å². The molecule has 366 valence electrons. The predicted molar refractivity (Wildman–Crippen MR) is 259 cm³/mol. The summed E-state index contributed by atoms with van der Waals surface area (Å²) in [6.07, 6.45) is -10.8. The number of aliphatic hydroxyl groups excluding tert-OH is 1. The van der Waals surface area contributed by atoms with Crippen LogP contribution >= 0.6 is 11.8 Å². The van der Waals surface area contributed by atoms with E-state index in [9.17, 15) is 19.5 Å². The standard InChI is InChI=1S/C56H53NO13S/c1-34-22-28-40(29-23-34)71-56-45(57-51(59)41-20-12-13-21-42(41)52(57)60)48(47-44(67-56)33-65-54(69-47)38-18-10-5-11-19-38)70-55-50(68-53(61)37-16-8-4-9-17-37)49(64-31-35-14-6-3-7-15-35)46(58)43(66-55)32-63-30-36-24-26-39(62-2)27-25-36/h3-29,43-50,54-56,58H,30-33H2,1-2H3. The molecule has 0 radical (unpaired) electrons. The van der Waals surface area contributed by atoms with Crippen LogP contribution in [-0.4, -0.2) is 109 Å². The first kappa shape index (κ1) is 48.4. The molecule has 0 aromatic heterocycles. The van der Waals surface area contributed by atoms with Crippen molar-refractivity contribution in [3.63, 3.8) is 0 Å². The van der Waals surface area contributed by atoms with Crippen molar-refractivity contribution in [1.82, 2.24) is 4.90 Å². The van der Waals surface area contributed by atoms with Crippen LogP contribution in [0.25, 0.3) is 0 Å². The number of methoxy groups -OCH3 is 1. The minimum atomic E-state index is -1.53. The zero-order valence-corrected chi connectivity index (χ0v) is 39.8. The third-order valence-electron chi connectivity index (χ3n) is 12.9. The van der Waals surface area contributed by atoms with E-state index in [1.54, 1.807) is 61.7 Å². The van der Waals surface area contributed by atoms with E-state index in [0.717, 1.165) is 21.6 Å². The van der Waals surface area contributed by atoms with E-state index in [1.165, 1.54) is 16.7 Å². The van der Waals surface area contributed by atoms with E-state index in [1.807, 2.05) is 116 Å². The number of aliphatic hydroxyl groups is 1. The molecule has 6 aromatic carbocycles. The maximum atomic E-state index is 14.8. The Bertz CT molecular complexity index is 2720. The zero-order valence-electron chi connectivity index (χ0n) is 39.0. The quantitative estimate of drug-likeness (QED) is 0.0733. The van der Waals surface area contributed by atoms with Gasteiger partial charge in [-0.3, -0.25) is 14.5 Å². The summed E-state index contributed by atoms with van der Waals surface area (Å²) in [5, 5.41) is 12.4. The summed E-state index contributed by atoms with van der Waals surface area (Å²) in [5.41, 5.74) is 3.11. The summed E-state index contributed by atoms with van der Waals surface area (Å²) in [6, 6.07) is 47.9. The molecular weight excluding hydrogens is 927 g/mol. The Morgan fingerprint density at radius 2 is 1.34 bits per heavy atom. The SMILES string of the molecule is COc1ccc(COCC2OC(OC3C4OC(c5ccccc5)OCC4OC(Sc4ccc(C)cc4)C3N3C(=O)c4ccccc4C3=O)C(OC(=O)c3ccccc3)C(OCc3ccccc3)C2O)cc1. The molecule has 10 rings (SSSR count). The van der Waals surface area contributed by atoms with Crippen LogP contribution < -0.4 is 4.74 Å². The Morgan fingerprint density at radius 3 is 2.01 bits per heavy atom. The molecule has 4 heterocycles. The van der Waals surface area contributed by atoms with Gasteiger partial charge in [0.25, 0.3) is 11.8 Å². The van der Waals surface area contributed by atoms with Crippen molar-refractivity contribution >= 4 is 29.5 Å². The molecule has 11 atom stereocenters. The number of rotatable bonds is 16. The van der Waals surface area contributed by atoms with Gasteiger partial charge in [-0.05, 0) is 66.6 Å². The fourth-order valence-electron chi connectivity index (χ4n) is 9.25. The molecule has 0 spiro atoms. The van der Waals surface area contributed by atoms with Crippen LogP contribution in [0.4, 0.5) is 0 Å². The molecule has 6 aromatic rings. The maximum absolute atomic E-state index is 14.8. The van der Waals surface area contributed by atoms with Gasteiger partial charge >= 0.3 is 5.97 Å². The van der Waals surface area contributed by atoms with E-state index >= 15 is 0 Å². The number of thioether (sulfide) groups is 1. The number of amides is 2. The second kappa shape index (κ2) is 22.0. The highest BCUT2D eigenvalue weighted by Gasteiger charge is 2.59. The van der Waals surface area contributed by atoms with E-state index in [-0.39, 0.29) is 43.1 Å². The average Bonchev–Trinajstić information content (AvgIpc) is 3.66. The van der Waals surface area contributed by atoms with Gasteiger partial charge in [0.2, 0.25) is 0 Å². The van der Waals surface area contributed by atoms with Gasteiger partial charge < -0.3 is 47.7 Å². The summed E-state index contributed by atoms with van der Waals surface area (Å²) in [7, 11) is 1.59. The molecule has 4 aliphatic heterocycles. The van der Waals surface area contributed by atoms with Crippen LogP contribution in [0.5, 0.6) is 5.75 Å². The second-order valence-corrected chi connectivity index (χ2v) is 18.8. The van der Waals surface area contributed by atoms with Crippen LogP contribution in [-0.2, 0) is 51.1 Å². The number of aryl methyl sites for hydroxylation is 1. The number of carbonyl (C=O) groups excluding carboxylic acids is 3. The number of nitrogens with zero attached hydrogens (tertiary/aromatic N) is 1. The van der Waals surface area contributed by atoms with Gasteiger partial charge in [0, 0.05) is 10.5 Å². The predicted octanol–water partition coefficient (Wildman–Crippen LogP) is 8.10. The van der Waals surface area contributed by atoms with Crippen LogP contribution in [0.1, 0.15) is 59.6 Å². The molecule has 15 heteroatoms. The molecule has 0 bridgehead atoms. The number of imide groups is 1. The number of hydrogen-bond acceptors (Lipinski definition) is 14. The molecule has 0 aliphatic carbocycles. The van der Waals surface area contributed by atoms with Gasteiger partial charge in [-0.2, -0.15) is 0 Å². The van der Waals surface area contributed by atoms with E-state index < -0.39 is 84.6 Å². The average molecular weight is 980 g/mol. The third kappa shape index (κ3) is 10.7. The van der Waals surface area contributed by atoms with Crippen molar-refractivity contribution in [2.24, 2.45) is 0 Å². The molecule has 14 nitrogen and oxygen atoms in total. The second-order valence-electron chi connectivity index (χ2n) is 17.7. The topological polar surface area (TPSA) is 158 Å². The van der Waals surface area contributed by atoms with Gasteiger partial charge in [0.1, 0.15) is 53.9 Å². The molecule has 2 amide bonds. The lowest BCUT2D eigenvalue weighted by molar-refractivity contribution is -0.361. The summed E-state index contributed by atoms with van der Waals surface area (Å²) < 4.78 is 58.8. The Kier molecular flexibility index (Phi) is 15.0. The summed E-state index contributed by atoms with van der Waals surface area (Å²) in [4.78, 5) is 45.8. The number of hydrogen-bond donors (Lipinski definition) is 1. The molecule has 11 unspecified atom stereocenters. The molecule has 3 fully saturated rings. The lowest BCUT2D eigenvalue weighted by Gasteiger charge is -2.52. The molecular formula is C56H53NO13S. The Balaban J connectivity index is 1.07. The number of carbonyl (C=O) groups is 3. The van der Waals surface area contributed by atoms with E-state index in [2.05, 4.69) is 0 Å². The number of benzene rings is 6. The van der Waals surface area contributed by atoms with Gasteiger partial charge in [0.05, 0.1) is 50.2 Å². The summed E-state index contributed by atoms with van der Waals surface area (Å²) in [5.74, 6) is -1.14. The highest BCUT2D eigenvalue weighted by molar-refractivity contribution is 7.99. The third-order valence-corrected chi connectivity index (χ3v) is 14.1. The Hall–Kier alpha value is -6.24. The zero-order chi connectivity index (χ0) is 48.8. The molecule has 71 heavy (non-hydrogen) atoms. The minimum Gasteiger partial charge on any atom is -0.497 e. The van der Waals surface area contributed by atoms with Crippen molar-refractivity contribution < 1.29 is 62.1 Å². The van der Waals surface area contributed by atoms with E-state index in [0.29, 0.717) is 11.3 Å². The van der Waals surface area contributed by atoms with E-state index in [4.69, 9.17) is 42.6 Å². The lowest BCUT2D eigenvalue weighted by atomic mass is 9.94. The van der Waals surface area contributed by atoms with Crippen molar-refractivity contribution in [3.8, 4) is 5.75 Å². The molecule has 4 aliphatic rings. The fourth-order valence-corrected chi connectivity index (χ4v) is 10.4. The van der Waals surface area contributed by atoms with Gasteiger partial charge in [-0.15, -0.1) is 0 Å². The van der Waals surface area contributed by atoms with Crippen molar-refractivity contribution in [1.29, 1.82) is 0 Å². The monoisotopic (exact) mass is 979 g/mol. The molecule has 1 N–H and O–H groups in total. The number of fused-ring (bicyclic) bond motifs is 2. The summed E-state index contributed by atoms with van der Waals surface area (Å²) in [6.45, 7) is 2.05. The normalized spacial score (nSPS) is 27.1. The van der Waals surface area contributed by atoms with Crippen molar-refractivity contribution in [3.05, 3.63) is 203 Å². The lowest BCUT2D eigenvalue weighted by Crippen LogP contribution is -2.69. The first-order valence-electron chi connectivity index (χ1n) is 23.5. The van der Waals surface area contributed by atoms with Gasteiger partial charge in [-0.25, -0.2) is 4.79 Å². The summed E-state index contributed by atoms with van der Waals surface area (Å²) >= 11 is 1.32. The highest BCUT2D eigenvalue weighted by Crippen LogP contribution is 2.45. The minimum absolute atomic E-state index is 0.0161. The van der Waals surface area contributed by atoms with Crippen LogP contribution in [0.3, 0.4) is 0 Å². The highest BCUT2D eigenvalue weighted by atomic mass is 32.2. The fraction of sp³-hybridized carbons (Fsp3) is 0.304. The van der Waals surface area contributed by atoms with Gasteiger partial charge in [-0.1, -0.05) is 133 Å². The molecule has 0 saturated carbocycles. The van der Waals surface area contributed by atoms with Gasteiger partial charge in [0.15, 0.2) is 18.7 Å². The van der Waals surface area contributed by atoms with Crippen LogP contribution in [0.15, 0.2) is 169 Å². The first-order chi connectivity index (χ1) is 34.7. The smallest absolute Gasteiger partial charge is 0.338 e. The molecule has 3 saturated heterocycles. The number of ether oxygens (including phenoxy) is 9.